The van der Waals surface area contributed by atoms with E-state index in [1.54, 1.807) is 18.0 Å². The molecule has 1 N–H and O–H groups in total. The van der Waals surface area contributed by atoms with Crippen molar-refractivity contribution in [3.05, 3.63) is 87.0 Å². The van der Waals surface area contributed by atoms with Crippen molar-refractivity contribution in [2.45, 2.75) is 9.79 Å². The molecule has 0 aromatic heterocycles. The number of hydrogen-bond donors (Lipinski definition) is 1. The molecule has 28 heavy (non-hydrogen) atoms. The Morgan fingerprint density at radius 2 is 1.68 bits per heavy atom. The molecule has 0 aliphatic carbocycles. The summed E-state index contributed by atoms with van der Waals surface area (Å²) in [4.78, 5) is 14.1. The molecule has 4 nitrogen and oxygen atoms in total. The van der Waals surface area contributed by atoms with Gasteiger partial charge in [0.1, 0.15) is 5.75 Å². The molecule has 0 saturated carbocycles. The lowest BCUT2D eigenvalue weighted by atomic mass is 10.2. The summed E-state index contributed by atoms with van der Waals surface area (Å²) in [6.07, 6.45) is 1.60. The van der Waals surface area contributed by atoms with E-state index < -0.39 is 0 Å². The Labute approximate surface area is 186 Å². The average Bonchev–Trinajstić information content (AvgIpc) is 2.70. The SMILES string of the molecule is O=C(COc1ccccc1I)N/N=C/c1ccc(Sc2ccc(Cl)cc2)cc1. The lowest BCUT2D eigenvalue weighted by Crippen LogP contribution is -2.24. The number of ether oxygens (including phenoxy) is 1. The van der Waals surface area contributed by atoms with Gasteiger partial charge in [-0.2, -0.15) is 5.10 Å². The van der Waals surface area contributed by atoms with Crippen molar-refractivity contribution < 1.29 is 9.53 Å². The fourth-order valence-electron chi connectivity index (χ4n) is 2.18. The zero-order valence-electron chi connectivity index (χ0n) is 14.6. The summed E-state index contributed by atoms with van der Waals surface area (Å²) >= 11 is 9.71. The summed E-state index contributed by atoms with van der Waals surface area (Å²) in [6, 6.07) is 23.1. The van der Waals surface area contributed by atoms with Crippen LogP contribution < -0.4 is 10.2 Å². The predicted molar refractivity (Wildman–Crippen MR) is 122 cm³/mol. The second-order valence-corrected chi connectivity index (χ2v) is 8.38. The van der Waals surface area contributed by atoms with Crippen molar-refractivity contribution >= 4 is 58.1 Å². The van der Waals surface area contributed by atoms with Crippen LogP contribution in [0.3, 0.4) is 0 Å². The van der Waals surface area contributed by atoms with Crippen molar-refractivity contribution in [2.24, 2.45) is 5.10 Å². The van der Waals surface area contributed by atoms with Crippen molar-refractivity contribution in [3.8, 4) is 5.75 Å². The molecule has 3 aromatic carbocycles. The Kier molecular flexibility index (Phi) is 7.76. The summed E-state index contributed by atoms with van der Waals surface area (Å²) in [5.74, 6) is 0.363. The smallest absolute Gasteiger partial charge is 0.277 e. The average molecular weight is 523 g/mol. The quantitative estimate of drug-likeness (QED) is 0.249. The summed E-state index contributed by atoms with van der Waals surface area (Å²) < 4.78 is 6.43. The lowest BCUT2D eigenvalue weighted by molar-refractivity contribution is -0.123. The van der Waals surface area contributed by atoms with E-state index in [1.165, 1.54) is 0 Å². The fraction of sp³-hybridized carbons (Fsp3) is 0.0476. The van der Waals surface area contributed by atoms with Gasteiger partial charge in [-0.15, -0.1) is 0 Å². The van der Waals surface area contributed by atoms with Gasteiger partial charge in [-0.1, -0.05) is 47.6 Å². The molecule has 142 valence electrons. The molecule has 0 aliphatic rings. The monoisotopic (exact) mass is 522 g/mol. The Bertz CT molecular complexity index is 963. The van der Waals surface area contributed by atoms with Crippen molar-refractivity contribution in [3.63, 3.8) is 0 Å². The van der Waals surface area contributed by atoms with Gasteiger partial charge >= 0.3 is 0 Å². The molecule has 0 heterocycles. The standard InChI is InChI=1S/C21H16ClIN2O2S/c22-16-7-11-18(12-8-16)28-17-9-5-15(6-10-17)13-24-25-21(26)14-27-20-4-2-1-3-19(20)23/h1-13H,14H2,(H,25,26)/b24-13+. The van der Waals surface area contributed by atoms with E-state index in [1.807, 2.05) is 72.8 Å². The number of amides is 1. The zero-order chi connectivity index (χ0) is 19.8. The molecular formula is C21H16ClIN2O2S. The summed E-state index contributed by atoms with van der Waals surface area (Å²) in [7, 11) is 0. The van der Waals surface area contributed by atoms with Gasteiger partial charge in [0.05, 0.1) is 9.78 Å². The van der Waals surface area contributed by atoms with E-state index in [0.29, 0.717) is 5.75 Å². The number of para-hydroxylation sites is 1. The van der Waals surface area contributed by atoms with E-state index in [2.05, 4.69) is 33.1 Å². The highest BCUT2D eigenvalue weighted by Gasteiger charge is 2.04. The van der Waals surface area contributed by atoms with Crippen LogP contribution in [0.1, 0.15) is 5.56 Å². The minimum atomic E-state index is -0.314. The van der Waals surface area contributed by atoms with E-state index in [0.717, 1.165) is 23.9 Å². The van der Waals surface area contributed by atoms with Crippen LogP contribution in [0.2, 0.25) is 5.02 Å². The molecule has 3 rings (SSSR count). The first-order valence-electron chi connectivity index (χ1n) is 8.33. The van der Waals surface area contributed by atoms with Gasteiger partial charge in [0, 0.05) is 14.8 Å². The highest BCUT2D eigenvalue weighted by molar-refractivity contribution is 14.1. The fourth-order valence-corrected chi connectivity index (χ4v) is 3.66. The van der Waals surface area contributed by atoms with Gasteiger partial charge in [0.15, 0.2) is 6.61 Å². The number of rotatable bonds is 7. The molecule has 7 heteroatoms. The van der Waals surface area contributed by atoms with Crippen molar-refractivity contribution in [1.29, 1.82) is 0 Å². The number of carbonyl (C=O) groups excluding carboxylic acids is 1. The van der Waals surface area contributed by atoms with Gasteiger partial charge in [-0.25, -0.2) is 5.43 Å². The highest BCUT2D eigenvalue weighted by Crippen LogP contribution is 2.28. The first-order chi connectivity index (χ1) is 13.6. The molecule has 1 amide bonds. The lowest BCUT2D eigenvalue weighted by Gasteiger charge is -2.06. The van der Waals surface area contributed by atoms with E-state index in [9.17, 15) is 4.79 Å². The third kappa shape index (κ3) is 6.54. The van der Waals surface area contributed by atoms with Crippen LogP contribution in [0, 0.1) is 3.57 Å². The van der Waals surface area contributed by atoms with E-state index in [4.69, 9.17) is 16.3 Å². The minimum Gasteiger partial charge on any atom is -0.483 e. The van der Waals surface area contributed by atoms with Crippen LogP contribution in [-0.4, -0.2) is 18.7 Å². The summed E-state index contributed by atoms with van der Waals surface area (Å²) in [5.41, 5.74) is 3.35. The minimum absolute atomic E-state index is 0.0893. The maximum Gasteiger partial charge on any atom is 0.277 e. The maximum absolute atomic E-state index is 11.8. The number of hydrogen-bond acceptors (Lipinski definition) is 4. The van der Waals surface area contributed by atoms with Crippen LogP contribution in [0.4, 0.5) is 0 Å². The normalized spacial score (nSPS) is 10.8. The van der Waals surface area contributed by atoms with Gasteiger partial charge in [-0.3, -0.25) is 4.79 Å². The third-order valence-electron chi connectivity index (χ3n) is 3.53. The van der Waals surface area contributed by atoms with Gasteiger partial charge < -0.3 is 4.74 Å². The van der Waals surface area contributed by atoms with Crippen LogP contribution in [0.25, 0.3) is 0 Å². The van der Waals surface area contributed by atoms with Crippen LogP contribution in [0.15, 0.2) is 87.7 Å². The summed E-state index contributed by atoms with van der Waals surface area (Å²) in [6.45, 7) is -0.0893. The zero-order valence-corrected chi connectivity index (χ0v) is 18.4. The molecule has 0 radical (unpaired) electrons. The molecule has 3 aromatic rings. The van der Waals surface area contributed by atoms with Gasteiger partial charge in [0.25, 0.3) is 5.91 Å². The molecule has 0 aliphatic heterocycles. The Morgan fingerprint density at radius 1 is 1.04 bits per heavy atom. The molecule has 0 unspecified atom stereocenters. The summed E-state index contributed by atoms with van der Waals surface area (Å²) in [5, 5.41) is 4.70. The largest absolute Gasteiger partial charge is 0.483 e. The number of halogens is 2. The van der Waals surface area contributed by atoms with Crippen molar-refractivity contribution in [1.82, 2.24) is 5.43 Å². The highest BCUT2D eigenvalue weighted by atomic mass is 127. The van der Waals surface area contributed by atoms with E-state index >= 15 is 0 Å². The number of nitrogens with one attached hydrogen (secondary N) is 1. The van der Waals surface area contributed by atoms with Crippen LogP contribution in [0.5, 0.6) is 5.75 Å². The number of hydrazone groups is 1. The first kappa shape index (κ1) is 20.7. The molecule has 0 bridgehead atoms. The molecular weight excluding hydrogens is 507 g/mol. The van der Waals surface area contributed by atoms with Gasteiger partial charge in [0.2, 0.25) is 0 Å². The third-order valence-corrected chi connectivity index (χ3v) is 5.69. The predicted octanol–water partition coefficient (Wildman–Crippen LogP) is 5.62. The second-order valence-electron chi connectivity index (χ2n) is 5.64. The second kappa shape index (κ2) is 10.5. The Balaban J connectivity index is 1.47. The van der Waals surface area contributed by atoms with Gasteiger partial charge in [-0.05, 0) is 76.7 Å². The molecule has 0 atom stereocenters. The first-order valence-corrected chi connectivity index (χ1v) is 10.6. The van der Waals surface area contributed by atoms with Crippen LogP contribution >= 0.6 is 46.0 Å². The molecule has 0 spiro atoms. The molecule has 0 fully saturated rings. The molecule has 0 saturated heterocycles. The van der Waals surface area contributed by atoms with E-state index in [-0.39, 0.29) is 12.5 Å². The maximum atomic E-state index is 11.8. The topological polar surface area (TPSA) is 50.7 Å². The number of carbonyl (C=O) groups is 1. The van der Waals surface area contributed by atoms with Crippen molar-refractivity contribution in [2.75, 3.05) is 6.61 Å². The number of benzene rings is 3. The number of nitrogens with zero attached hydrogens (tertiary/aromatic N) is 1. The Hall–Kier alpha value is -2.03. The van der Waals surface area contributed by atoms with Crippen LogP contribution in [-0.2, 0) is 4.79 Å². The Morgan fingerprint density at radius 3 is 2.36 bits per heavy atom.